The summed E-state index contributed by atoms with van der Waals surface area (Å²) >= 11 is 0. The van der Waals surface area contributed by atoms with E-state index in [0.717, 1.165) is 47.9 Å². The summed E-state index contributed by atoms with van der Waals surface area (Å²) in [5.41, 5.74) is 0.939. The summed E-state index contributed by atoms with van der Waals surface area (Å²) in [6.07, 6.45) is 3.36. The summed E-state index contributed by atoms with van der Waals surface area (Å²) in [4.78, 5) is 35.9. The van der Waals surface area contributed by atoms with Crippen molar-refractivity contribution in [2.45, 2.75) is 84.3 Å². The number of nitrogens with zero attached hydrogens (tertiary/aromatic N) is 3. The summed E-state index contributed by atoms with van der Waals surface area (Å²) in [6.45, 7) is 13.1. The first-order chi connectivity index (χ1) is 20.8. The first-order valence-electron chi connectivity index (χ1n) is 15.1. The predicted molar refractivity (Wildman–Crippen MR) is 170 cm³/mol. The van der Waals surface area contributed by atoms with E-state index in [1.807, 2.05) is 13.0 Å². The fraction of sp³-hybridized carbons (Fsp3) is 0.412. The Labute approximate surface area is 256 Å². The van der Waals surface area contributed by atoms with Gasteiger partial charge in [-0.2, -0.15) is 4.98 Å². The van der Waals surface area contributed by atoms with Crippen molar-refractivity contribution >= 4 is 22.9 Å². The van der Waals surface area contributed by atoms with Crippen LogP contribution in [0.25, 0.3) is 28.0 Å². The highest BCUT2D eigenvalue weighted by atomic mass is 19.1. The third-order valence-electron chi connectivity index (χ3n) is 8.01. The number of nitrogens with one attached hydrogen (secondary N) is 3. The summed E-state index contributed by atoms with van der Waals surface area (Å²) in [7, 11) is 0. The van der Waals surface area contributed by atoms with Crippen molar-refractivity contribution in [3.63, 3.8) is 0 Å². The van der Waals surface area contributed by atoms with Gasteiger partial charge in [-0.3, -0.25) is 14.2 Å². The van der Waals surface area contributed by atoms with E-state index in [4.69, 9.17) is 9.97 Å². The van der Waals surface area contributed by atoms with E-state index < -0.39 is 22.9 Å². The number of amides is 1. The molecule has 2 aromatic heterocycles. The van der Waals surface area contributed by atoms with E-state index in [2.05, 4.69) is 50.6 Å². The van der Waals surface area contributed by atoms with Crippen LogP contribution in [-0.2, 0) is 0 Å². The molecule has 1 aliphatic heterocycles. The molecule has 8 nitrogen and oxygen atoms in total. The molecule has 1 amide bonds. The highest BCUT2D eigenvalue weighted by molar-refractivity contribution is 5.98. The highest BCUT2D eigenvalue weighted by Crippen LogP contribution is 2.34. The van der Waals surface area contributed by atoms with Crippen molar-refractivity contribution in [2.24, 2.45) is 0 Å². The lowest BCUT2D eigenvalue weighted by Crippen LogP contribution is -2.60. The van der Waals surface area contributed by atoms with Gasteiger partial charge in [0.05, 0.1) is 5.69 Å². The minimum absolute atomic E-state index is 0.0302. The third-order valence-corrected chi connectivity index (χ3v) is 8.01. The first-order valence-corrected chi connectivity index (χ1v) is 15.1. The Balaban J connectivity index is 1.73. The molecule has 2 aromatic carbocycles. The van der Waals surface area contributed by atoms with Gasteiger partial charge in [-0.05, 0) is 89.8 Å². The van der Waals surface area contributed by atoms with E-state index >= 15 is 8.78 Å². The molecule has 1 saturated heterocycles. The van der Waals surface area contributed by atoms with E-state index in [9.17, 15) is 9.59 Å². The van der Waals surface area contributed by atoms with Gasteiger partial charge in [0.2, 0.25) is 5.95 Å². The fourth-order valence-corrected chi connectivity index (χ4v) is 6.41. The van der Waals surface area contributed by atoms with Gasteiger partial charge in [0.15, 0.2) is 5.65 Å². The average molecular weight is 603 g/mol. The maximum Gasteiger partial charge on any atom is 0.256 e. The lowest BCUT2D eigenvalue weighted by atomic mass is 9.80. The zero-order valence-electron chi connectivity index (χ0n) is 26.1. The minimum Gasteiger partial charge on any atom is -0.352 e. The Morgan fingerprint density at radius 3 is 2.36 bits per heavy atom. The van der Waals surface area contributed by atoms with Gasteiger partial charge in [-0.25, -0.2) is 13.8 Å². The lowest BCUT2D eigenvalue weighted by Gasteiger charge is -2.46. The standard InChI is InChI=1S/C34H40F2N6O2/c1-7-8-16-37-31(44)21-13-12-20(2)24(17-21)28-23-14-15-27(43)42(29-25(35)10-9-11-26(29)36)30(23)40-32(39-28)38-22-18-33(3,4)41-34(5,6)19-22/h9-15,17,22,41H,7-8,16,18-19H2,1-6H3,(H,37,44)(H,38,39,40). The molecule has 3 N–H and O–H groups in total. The van der Waals surface area contributed by atoms with E-state index in [0.29, 0.717) is 28.8 Å². The molecular weight excluding hydrogens is 562 g/mol. The first kappa shape index (κ1) is 31.3. The minimum atomic E-state index is -0.891. The quantitative estimate of drug-likeness (QED) is 0.205. The smallest absolute Gasteiger partial charge is 0.256 e. The van der Waals surface area contributed by atoms with Crippen LogP contribution in [0, 0.1) is 18.6 Å². The zero-order chi connectivity index (χ0) is 31.8. The van der Waals surface area contributed by atoms with E-state index in [1.54, 1.807) is 18.2 Å². The molecular formula is C34H40F2N6O2. The number of fused-ring (bicyclic) bond motifs is 1. The van der Waals surface area contributed by atoms with Gasteiger partial charge < -0.3 is 16.0 Å². The second-order valence-corrected chi connectivity index (χ2v) is 13.0. The fourth-order valence-electron chi connectivity index (χ4n) is 6.41. The van der Waals surface area contributed by atoms with Crippen LogP contribution in [0.1, 0.15) is 76.2 Å². The average Bonchev–Trinajstić information content (AvgIpc) is 2.92. The summed E-state index contributed by atoms with van der Waals surface area (Å²) < 4.78 is 31.2. The van der Waals surface area contributed by atoms with Crippen molar-refractivity contribution in [2.75, 3.05) is 11.9 Å². The molecule has 0 atom stereocenters. The number of anilines is 1. The number of pyridine rings is 1. The molecule has 1 fully saturated rings. The Morgan fingerprint density at radius 2 is 1.70 bits per heavy atom. The van der Waals surface area contributed by atoms with Crippen molar-refractivity contribution in [1.29, 1.82) is 0 Å². The second-order valence-electron chi connectivity index (χ2n) is 13.0. The number of para-hydroxylation sites is 1. The van der Waals surface area contributed by atoms with Crippen LogP contribution in [0.5, 0.6) is 0 Å². The van der Waals surface area contributed by atoms with Gasteiger partial charge >= 0.3 is 0 Å². The SMILES string of the molecule is CCCCNC(=O)c1ccc(C)c(-c2nc(NC3CC(C)(C)NC(C)(C)C3)nc3c2ccc(=O)n3-c2c(F)cccc2F)c1. The number of carbonyl (C=O) groups is 1. The highest BCUT2D eigenvalue weighted by Gasteiger charge is 2.38. The molecule has 0 aliphatic carbocycles. The molecule has 0 saturated carbocycles. The Hall–Kier alpha value is -4.18. The lowest BCUT2D eigenvalue weighted by molar-refractivity contribution is 0.0953. The van der Waals surface area contributed by atoms with E-state index in [-0.39, 0.29) is 34.6 Å². The molecule has 5 rings (SSSR count). The van der Waals surface area contributed by atoms with E-state index in [1.165, 1.54) is 12.1 Å². The predicted octanol–water partition coefficient (Wildman–Crippen LogP) is 6.29. The number of unbranched alkanes of at least 4 members (excludes halogenated alkanes) is 1. The zero-order valence-corrected chi connectivity index (χ0v) is 26.1. The molecule has 4 aromatic rings. The molecule has 232 valence electrons. The van der Waals surface area contributed by atoms with Gasteiger partial charge in [-0.1, -0.05) is 25.5 Å². The number of benzene rings is 2. The topological polar surface area (TPSA) is 101 Å². The van der Waals surface area contributed by atoms with Crippen molar-refractivity contribution < 1.29 is 13.6 Å². The summed E-state index contributed by atoms with van der Waals surface area (Å²) in [6, 6.07) is 11.6. The van der Waals surface area contributed by atoms with Gasteiger partial charge in [0.1, 0.15) is 17.3 Å². The number of hydrogen-bond acceptors (Lipinski definition) is 6. The number of halogens is 2. The van der Waals surface area contributed by atoms with Crippen molar-refractivity contribution in [3.8, 4) is 16.9 Å². The van der Waals surface area contributed by atoms with Crippen molar-refractivity contribution in [1.82, 2.24) is 25.2 Å². The molecule has 10 heteroatoms. The Bertz CT molecular complexity index is 1750. The largest absolute Gasteiger partial charge is 0.352 e. The number of rotatable bonds is 8. The molecule has 1 aliphatic rings. The number of hydrogen-bond donors (Lipinski definition) is 3. The molecule has 3 heterocycles. The molecule has 0 radical (unpaired) electrons. The van der Waals surface area contributed by atoms with Crippen molar-refractivity contribution in [3.05, 3.63) is 81.6 Å². The van der Waals surface area contributed by atoms with Gasteiger partial charge in [0.25, 0.3) is 11.5 Å². The molecule has 44 heavy (non-hydrogen) atoms. The normalized spacial score (nSPS) is 16.2. The molecule has 0 bridgehead atoms. The summed E-state index contributed by atoms with van der Waals surface area (Å²) in [5, 5.41) is 10.5. The molecule has 0 unspecified atom stereocenters. The van der Waals surface area contributed by atoms with Crippen LogP contribution in [0.2, 0.25) is 0 Å². The third kappa shape index (κ3) is 6.50. The van der Waals surface area contributed by atoms with Crippen LogP contribution in [0.3, 0.4) is 0 Å². The summed E-state index contributed by atoms with van der Waals surface area (Å²) in [5.74, 6) is -1.77. The van der Waals surface area contributed by atoms with Gasteiger partial charge in [-0.15, -0.1) is 0 Å². The van der Waals surface area contributed by atoms with Crippen LogP contribution < -0.4 is 21.5 Å². The molecule has 0 spiro atoms. The van der Waals surface area contributed by atoms with Crippen LogP contribution in [0.15, 0.2) is 53.3 Å². The number of aromatic nitrogens is 3. The number of aryl methyl sites for hydroxylation is 1. The van der Waals surface area contributed by atoms with Crippen LogP contribution in [-0.4, -0.2) is 44.1 Å². The van der Waals surface area contributed by atoms with Crippen LogP contribution in [0.4, 0.5) is 14.7 Å². The second kappa shape index (κ2) is 12.1. The monoisotopic (exact) mass is 602 g/mol. The van der Waals surface area contributed by atoms with Gasteiger partial charge in [0, 0.05) is 46.2 Å². The number of carbonyl (C=O) groups excluding carboxylic acids is 1. The Morgan fingerprint density at radius 1 is 1.02 bits per heavy atom. The number of piperidine rings is 1. The maximum atomic E-state index is 15.1. The van der Waals surface area contributed by atoms with Crippen LogP contribution >= 0.6 is 0 Å². The Kier molecular flexibility index (Phi) is 8.57. The maximum absolute atomic E-state index is 15.1.